The van der Waals surface area contributed by atoms with Gasteiger partial charge in [0.2, 0.25) is 15.0 Å². The van der Waals surface area contributed by atoms with Crippen molar-refractivity contribution in [2.45, 2.75) is 37.6 Å². The maximum absolute atomic E-state index is 13.2. The van der Waals surface area contributed by atoms with Gasteiger partial charge in [0.25, 0.3) is 5.91 Å². The third-order valence-electron chi connectivity index (χ3n) is 4.76. The van der Waals surface area contributed by atoms with Crippen LogP contribution >= 0.6 is 11.3 Å². The standard InChI is InChI=1S/C18H18FN5O4S2/c1-10-15(11(2)28-23-10)30(26,27)24-9-3-4-14(24)17-21-22-18(29-17)16(25)20-13-7-5-12(19)6-8-13/h5-8,14H,3-4,9H2,1-2H3,(H,20,25). The maximum atomic E-state index is 13.2. The van der Waals surface area contributed by atoms with Gasteiger partial charge in [0, 0.05) is 12.2 Å². The van der Waals surface area contributed by atoms with E-state index in [4.69, 9.17) is 4.52 Å². The lowest BCUT2D eigenvalue weighted by Crippen LogP contribution is -2.31. The Morgan fingerprint density at radius 3 is 2.67 bits per heavy atom. The first-order valence-electron chi connectivity index (χ1n) is 9.12. The molecule has 1 fully saturated rings. The van der Waals surface area contributed by atoms with E-state index >= 15 is 0 Å². The number of carbonyl (C=O) groups is 1. The van der Waals surface area contributed by atoms with Gasteiger partial charge in [0.05, 0.1) is 6.04 Å². The number of anilines is 1. The van der Waals surface area contributed by atoms with Crippen LogP contribution in [0.4, 0.5) is 10.1 Å². The molecule has 0 aliphatic carbocycles. The smallest absolute Gasteiger partial charge is 0.286 e. The first kappa shape index (κ1) is 20.6. The highest BCUT2D eigenvalue weighted by molar-refractivity contribution is 7.89. The number of hydrogen-bond acceptors (Lipinski definition) is 8. The van der Waals surface area contributed by atoms with Gasteiger partial charge in [0.15, 0.2) is 5.76 Å². The van der Waals surface area contributed by atoms with Crippen molar-refractivity contribution in [2.24, 2.45) is 0 Å². The predicted octanol–water partition coefficient (Wildman–Crippen LogP) is 3.06. The van der Waals surface area contributed by atoms with Gasteiger partial charge in [0.1, 0.15) is 21.4 Å². The van der Waals surface area contributed by atoms with Crippen LogP contribution in [-0.2, 0) is 10.0 Å². The van der Waals surface area contributed by atoms with E-state index in [9.17, 15) is 17.6 Å². The molecule has 1 amide bonds. The quantitative estimate of drug-likeness (QED) is 0.633. The van der Waals surface area contributed by atoms with Crippen LogP contribution in [0.1, 0.15) is 45.1 Å². The lowest BCUT2D eigenvalue weighted by molar-refractivity contribution is 0.102. The van der Waals surface area contributed by atoms with Gasteiger partial charge in [-0.3, -0.25) is 4.79 Å². The highest BCUT2D eigenvalue weighted by Gasteiger charge is 2.41. The highest BCUT2D eigenvalue weighted by atomic mass is 32.2. The Kier molecular flexibility index (Phi) is 5.38. The second-order valence-electron chi connectivity index (χ2n) is 6.83. The molecule has 3 aromatic rings. The van der Waals surface area contributed by atoms with Crippen molar-refractivity contribution in [3.05, 3.63) is 51.6 Å². The molecule has 0 saturated carbocycles. The number of halogens is 1. The Bertz CT molecular complexity index is 1170. The molecular weight excluding hydrogens is 433 g/mol. The number of hydrogen-bond donors (Lipinski definition) is 1. The lowest BCUT2D eigenvalue weighted by atomic mass is 10.2. The number of aromatic nitrogens is 3. The van der Waals surface area contributed by atoms with Gasteiger partial charge in [-0.2, -0.15) is 4.31 Å². The van der Waals surface area contributed by atoms with Crippen LogP contribution in [-0.4, -0.2) is 40.5 Å². The summed E-state index contributed by atoms with van der Waals surface area (Å²) in [6.45, 7) is 3.46. The van der Waals surface area contributed by atoms with Crippen LogP contribution < -0.4 is 5.32 Å². The van der Waals surface area contributed by atoms with E-state index in [2.05, 4.69) is 20.7 Å². The molecule has 1 aromatic carbocycles. The van der Waals surface area contributed by atoms with Gasteiger partial charge < -0.3 is 9.84 Å². The number of carbonyl (C=O) groups excluding carboxylic acids is 1. The van der Waals surface area contributed by atoms with Gasteiger partial charge in [-0.1, -0.05) is 16.5 Å². The zero-order valence-corrected chi connectivity index (χ0v) is 17.8. The molecule has 30 heavy (non-hydrogen) atoms. The monoisotopic (exact) mass is 451 g/mol. The summed E-state index contributed by atoms with van der Waals surface area (Å²) in [5.74, 6) is -0.676. The summed E-state index contributed by atoms with van der Waals surface area (Å²) < 4.78 is 45.8. The van der Waals surface area contributed by atoms with Crippen LogP contribution in [0.3, 0.4) is 0 Å². The Morgan fingerprint density at radius 2 is 2.00 bits per heavy atom. The molecule has 1 aliphatic rings. The summed E-state index contributed by atoms with van der Waals surface area (Å²) in [5.41, 5.74) is 0.719. The summed E-state index contributed by atoms with van der Waals surface area (Å²) in [6.07, 6.45) is 1.22. The molecule has 0 bridgehead atoms. The first-order valence-corrected chi connectivity index (χ1v) is 11.4. The summed E-state index contributed by atoms with van der Waals surface area (Å²) in [7, 11) is -3.84. The third kappa shape index (κ3) is 3.73. The Hall–Kier alpha value is -2.70. The molecule has 158 valence electrons. The Morgan fingerprint density at radius 1 is 1.27 bits per heavy atom. The number of aryl methyl sites for hydroxylation is 2. The summed E-state index contributed by atoms with van der Waals surface area (Å²) in [5, 5.41) is 14.9. The second kappa shape index (κ2) is 7.85. The van der Waals surface area contributed by atoms with Crippen LogP contribution in [0.2, 0.25) is 0 Å². The number of amides is 1. The molecule has 3 heterocycles. The molecule has 1 saturated heterocycles. The van der Waals surface area contributed by atoms with Crippen LogP contribution in [0.15, 0.2) is 33.7 Å². The lowest BCUT2D eigenvalue weighted by Gasteiger charge is -2.21. The second-order valence-corrected chi connectivity index (χ2v) is 9.67. The number of rotatable bonds is 5. The zero-order valence-electron chi connectivity index (χ0n) is 16.1. The average Bonchev–Trinajstić information content (AvgIpc) is 3.43. The number of nitrogens with one attached hydrogen (secondary N) is 1. The van der Waals surface area contributed by atoms with E-state index in [1.165, 1.54) is 28.6 Å². The fourth-order valence-electron chi connectivity index (χ4n) is 3.41. The van der Waals surface area contributed by atoms with Crippen molar-refractivity contribution < 1.29 is 22.1 Å². The van der Waals surface area contributed by atoms with E-state index < -0.39 is 27.8 Å². The largest absolute Gasteiger partial charge is 0.360 e. The normalized spacial score (nSPS) is 17.4. The summed E-state index contributed by atoms with van der Waals surface area (Å²) >= 11 is 1.03. The van der Waals surface area contributed by atoms with Gasteiger partial charge >= 0.3 is 0 Å². The molecule has 1 aliphatic heterocycles. The van der Waals surface area contributed by atoms with Crippen molar-refractivity contribution in [2.75, 3.05) is 11.9 Å². The van der Waals surface area contributed by atoms with Crippen molar-refractivity contribution in [1.29, 1.82) is 0 Å². The number of nitrogens with zero attached hydrogens (tertiary/aromatic N) is 4. The third-order valence-corrected chi connectivity index (χ3v) is 7.94. The van der Waals surface area contributed by atoms with Crippen molar-refractivity contribution in [1.82, 2.24) is 19.7 Å². The number of benzene rings is 1. The van der Waals surface area contributed by atoms with E-state index in [-0.39, 0.29) is 15.7 Å². The maximum Gasteiger partial charge on any atom is 0.286 e. The Balaban J connectivity index is 1.56. The van der Waals surface area contributed by atoms with E-state index in [0.717, 1.165) is 11.3 Å². The Labute approximate surface area is 176 Å². The molecule has 12 heteroatoms. The highest BCUT2D eigenvalue weighted by Crippen LogP contribution is 2.39. The topological polar surface area (TPSA) is 118 Å². The first-order chi connectivity index (χ1) is 14.3. The van der Waals surface area contributed by atoms with Gasteiger partial charge in [-0.25, -0.2) is 12.8 Å². The molecule has 2 aromatic heterocycles. The average molecular weight is 452 g/mol. The molecule has 4 rings (SSSR count). The van der Waals surface area contributed by atoms with Gasteiger partial charge in [-0.15, -0.1) is 10.2 Å². The van der Waals surface area contributed by atoms with E-state index in [1.807, 2.05) is 0 Å². The fraction of sp³-hybridized carbons (Fsp3) is 0.333. The molecule has 1 N–H and O–H groups in total. The minimum Gasteiger partial charge on any atom is -0.360 e. The SMILES string of the molecule is Cc1noc(C)c1S(=O)(=O)N1CCCC1c1nnc(C(=O)Nc2ccc(F)cc2)s1. The molecule has 1 unspecified atom stereocenters. The van der Waals surface area contributed by atoms with Crippen LogP contribution in [0.5, 0.6) is 0 Å². The minimum atomic E-state index is -3.84. The fourth-order valence-corrected chi connectivity index (χ4v) is 6.32. The van der Waals surface area contributed by atoms with Crippen LogP contribution in [0, 0.1) is 19.7 Å². The summed E-state index contributed by atoms with van der Waals surface area (Å²) in [4.78, 5) is 12.5. The van der Waals surface area contributed by atoms with Gasteiger partial charge in [-0.05, 0) is 51.0 Å². The molecule has 0 radical (unpaired) electrons. The zero-order chi connectivity index (χ0) is 21.5. The van der Waals surface area contributed by atoms with E-state index in [1.54, 1.807) is 13.8 Å². The molecule has 9 nitrogen and oxygen atoms in total. The van der Waals surface area contributed by atoms with Crippen molar-refractivity contribution >= 4 is 33.0 Å². The number of sulfonamides is 1. The minimum absolute atomic E-state index is 0.0631. The predicted molar refractivity (Wildman–Crippen MR) is 106 cm³/mol. The van der Waals surface area contributed by atoms with Crippen LogP contribution in [0.25, 0.3) is 0 Å². The van der Waals surface area contributed by atoms with Crippen molar-refractivity contribution in [3.8, 4) is 0 Å². The molecule has 0 spiro atoms. The molecular formula is C18H18FN5O4S2. The molecule has 1 atom stereocenters. The van der Waals surface area contributed by atoms with E-state index in [0.29, 0.717) is 35.8 Å². The van der Waals surface area contributed by atoms with Crippen molar-refractivity contribution in [3.63, 3.8) is 0 Å². The summed E-state index contributed by atoms with van der Waals surface area (Å²) in [6, 6.07) is 4.82.